The van der Waals surface area contributed by atoms with Gasteiger partial charge in [0.15, 0.2) is 0 Å². The highest BCUT2D eigenvalue weighted by molar-refractivity contribution is 7.52. The van der Waals surface area contributed by atoms with E-state index in [4.69, 9.17) is 0 Å². The second kappa shape index (κ2) is 6.36. The van der Waals surface area contributed by atoms with E-state index in [-0.39, 0.29) is 6.16 Å². The first-order valence-corrected chi connectivity index (χ1v) is 8.85. The van der Waals surface area contributed by atoms with Crippen LogP contribution in [0.5, 0.6) is 0 Å². The molecule has 0 saturated carbocycles. The van der Waals surface area contributed by atoms with Crippen molar-refractivity contribution in [2.24, 2.45) is 17.8 Å². The highest BCUT2D eigenvalue weighted by atomic mass is 31.2. The van der Waals surface area contributed by atoms with Gasteiger partial charge >= 0.3 is 7.60 Å². The Morgan fingerprint density at radius 1 is 1.33 bits per heavy atom. The van der Waals surface area contributed by atoms with Crippen molar-refractivity contribution in [2.75, 3.05) is 6.16 Å². The van der Waals surface area contributed by atoms with Crippen LogP contribution in [0.2, 0.25) is 0 Å². The van der Waals surface area contributed by atoms with Crippen molar-refractivity contribution >= 4 is 7.60 Å². The van der Waals surface area contributed by atoms with E-state index in [1.54, 1.807) is 0 Å². The van der Waals surface area contributed by atoms with Gasteiger partial charge in [0.2, 0.25) is 0 Å². The van der Waals surface area contributed by atoms with Gasteiger partial charge in [0.25, 0.3) is 0 Å². The zero-order chi connectivity index (χ0) is 13.9. The fourth-order valence-electron chi connectivity index (χ4n) is 3.51. The molecule has 0 aromatic heterocycles. The first-order valence-electron chi connectivity index (χ1n) is 7.05. The molecule has 18 heavy (non-hydrogen) atoms. The summed E-state index contributed by atoms with van der Waals surface area (Å²) in [6.45, 7) is 8.82. The molecule has 0 aliphatic heterocycles. The summed E-state index contributed by atoms with van der Waals surface area (Å²) in [6.07, 6.45) is 3.92. The summed E-state index contributed by atoms with van der Waals surface area (Å²) in [6, 6.07) is 0. The molecule has 0 radical (unpaired) electrons. The average molecular weight is 274 g/mol. The molecule has 2 N–H and O–H groups in total. The van der Waals surface area contributed by atoms with E-state index in [1.165, 1.54) is 5.57 Å². The molecule has 1 rings (SSSR count). The molecule has 0 amide bonds. The van der Waals surface area contributed by atoms with Crippen LogP contribution in [0.15, 0.2) is 11.1 Å². The maximum Gasteiger partial charge on any atom is 0.329 e. The fourth-order valence-corrected chi connectivity index (χ4v) is 4.37. The first kappa shape index (κ1) is 15.9. The van der Waals surface area contributed by atoms with Gasteiger partial charge in [0, 0.05) is 0 Å². The van der Waals surface area contributed by atoms with Crippen molar-refractivity contribution < 1.29 is 14.4 Å². The third-order valence-corrected chi connectivity index (χ3v) is 5.07. The Morgan fingerprint density at radius 2 is 1.94 bits per heavy atom. The van der Waals surface area contributed by atoms with Crippen LogP contribution in [0.3, 0.4) is 0 Å². The van der Waals surface area contributed by atoms with Gasteiger partial charge in [-0.15, -0.1) is 0 Å². The second-order valence-electron chi connectivity index (χ2n) is 5.77. The summed E-state index contributed by atoms with van der Waals surface area (Å²) in [5.41, 5.74) is 2.36. The molecule has 2 unspecified atom stereocenters. The SMILES string of the molecule is CCC1=C(CP(=O)(O)O)CCC(C(C)C)C1CC. The third kappa shape index (κ3) is 3.94. The van der Waals surface area contributed by atoms with E-state index in [2.05, 4.69) is 27.7 Å². The molecule has 1 aliphatic carbocycles. The fraction of sp³-hybridized carbons (Fsp3) is 0.857. The van der Waals surface area contributed by atoms with Crippen LogP contribution in [0.25, 0.3) is 0 Å². The quantitative estimate of drug-likeness (QED) is 0.589. The van der Waals surface area contributed by atoms with E-state index in [1.807, 2.05) is 0 Å². The summed E-state index contributed by atoms with van der Waals surface area (Å²) in [4.78, 5) is 18.4. The van der Waals surface area contributed by atoms with Gasteiger partial charge in [-0.3, -0.25) is 4.57 Å². The maximum absolute atomic E-state index is 11.2. The molecule has 0 aromatic carbocycles. The highest BCUT2D eigenvalue weighted by Gasteiger charge is 2.33. The molecule has 2 atom stereocenters. The molecule has 106 valence electrons. The van der Waals surface area contributed by atoms with Crippen LogP contribution in [0.1, 0.15) is 53.4 Å². The minimum absolute atomic E-state index is 0.0303. The number of allylic oxidation sites excluding steroid dienone is 2. The van der Waals surface area contributed by atoms with E-state index in [0.717, 1.165) is 31.3 Å². The molecule has 0 bridgehead atoms. The standard InChI is InChI=1S/C14H27O3P/c1-5-12-11(9-18(15,16)17)7-8-14(10(3)4)13(12)6-2/h10,13-14H,5-9H2,1-4H3,(H2,15,16,17). The Kier molecular flexibility index (Phi) is 5.64. The van der Waals surface area contributed by atoms with Gasteiger partial charge < -0.3 is 9.79 Å². The van der Waals surface area contributed by atoms with E-state index in [9.17, 15) is 14.4 Å². The molecule has 3 nitrogen and oxygen atoms in total. The minimum Gasteiger partial charge on any atom is -0.324 e. The Bertz CT molecular complexity index is 354. The van der Waals surface area contributed by atoms with Crippen molar-refractivity contribution in [3.63, 3.8) is 0 Å². The molecule has 0 saturated heterocycles. The third-order valence-electron chi connectivity index (χ3n) is 4.27. The first-order chi connectivity index (χ1) is 8.30. The van der Waals surface area contributed by atoms with Gasteiger partial charge in [-0.05, 0) is 43.4 Å². The predicted octanol–water partition coefficient (Wildman–Crippen LogP) is 3.96. The van der Waals surface area contributed by atoms with Crippen molar-refractivity contribution in [3.8, 4) is 0 Å². The average Bonchev–Trinajstić information content (AvgIpc) is 2.25. The van der Waals surface area contributed by atoms with Crippen LogP contribution in [-0.2, 0) is 4.57 Å². The van der Waals surface area contributed by atoms with Gasteiger partial charge in [0.05, 0.1) is 6.16 Å². The summed E-state index contributed by atoms with van der Waals surface area (Å²) in [5.74, 6) is 1.84. The molecule has 0 spiro atoms. The molecule has 0 heterocycles. The van der Waals surface area contributed by atoms with Gasteiger partial charge in [-0.25, -0.2) is 0 Å². The largest absolute Gasteiger partial charge is 0.329 e. The van der Waals surface area contributed by atoms with Crippen molar-refractivity contribution in [2.45, 2.75) is 53.4 Å². The lowest BCUT2D eigenvalue weighted by atomic mass is 9.69. The molecule has 0 fully saturated rings. The molecular weight excluding hydrogens is 247 g/mol. The van der Waals surface area contributed by atoms with Crippen LogP contribution >= 0.6 is 7.60 Å². The van der Waals surface area contributed by atoms with Crippen LogP contribution in [0.4, 0.5) is 0 Å². The Hall–Kier alpha value is -0.110. The maximum atomic E-state index is 11.2. The van der Waals surface area contributed by atoms with Gasteiger partial charge in [-0.1, -0.05) is 38.8 Å². The summed E-state index contributed by atoms with van der Waals surface area (Å²) < 4.78 is 11.2. The summed E-state index contributed by atoms with van der Waals surface area (Å²) in [7, 11) is -3.92. The molecular formula is C14H27O3P. The monoisotopic (exact) mass is 274 g/mol. The van der Waals surface area contributed by atoms with Crippen molar-refractivity contribution in [1.29, 1.82) is 0 Å². The zero-order valence-corrected chi connectivity index (χ0v) is 12.9. The molecule has 0 aromatic rings. The smallest absolute Gasteiger partial charge is 0.324 e. The predicted molar refractivity (Wildman–Crippen MR) is 75.6 cm³/mol. The van der Waals surface area contributed by atoms with Crippen molar-refractivity contribution in [3.05, 3.63) is 11.1 Å². The second-order valence-corrected chi connectivity index (χ2v) is 7.41. The lowest BCUT2D eigenvalue weighted by Gasteiger charge is -2.37. The van der Waals surface area contributed by atoms with E-state index >= 15 is 0 Å². The van der Waals surface area contributed by atoms with Crippen molar-refractivity contribution in [1.82, 2.24) is 0 Å². The van der Waals surface area contributed by atoms with Crippen LogP contribution < -0.4 is 0 Å². The number of hydrogen-bond donors (Lipinski definition) is 2. The van der Waals surface area contributed by atoms with Crippen LogP contribution in [-0.4, -0.2) is 15.9 Å². The van der Waals surface area contributed by atoms with E-state index in [0.29, 0.717) is 17.8 Å². The number of hydrogen-bond acceptors (Lipinski definition) is 1. The summed E-state index contributed by atoms with van der Waals surface area (Å²) in [5, 5.41) is 0. The summed E-state index contributed by atoms with van der Waals surface area (Å²) >= 11 is 0. The Labute approximate surface area is 111 Å². The highest BCUT2D eigenvalue weighted by Crippen LogP contribution is 2.46. The minimum atomic E-state index is -3.92. The van der Waals surface area contributed by atoms with E-state index < -0.39 is 7.60 Å². The van der Waals surface area contributed by atoms with Gasteiger partial charge in [-0.2, -0.15) is 0 Å². The van der Waals surface area contributed by atoms with Crippen LogP contribution in [0, 0.1) is 17.8 Å². The molecule has 1 aliphatic rings. The Morgan fingerprint density at radius 3 is 2.33 bits per heavy atom. The lowest BCUT2D eigenvalue weighted by molar-refractivity contribution is 0.241. The number of rotatable bonds is 5. The topological polar surface area (TPSA) is 57.5 Å². The normalized spacial score (nSPS) is 25.9. The molecule has 4 heteroatoms. The van der Waals surface area contributed by atoms with Gasteiger partial charge in [0.1, 0.15) is 0 Å². The Balaban J connectivity index is 3.04. The lowest BCUT2D eigenvalue weighted by Crippen LogP contribution is -2.27. The zero-order valence-electron chi connectivity index (χ0n) is 12.0.